The lowest BCUT2D eigenvalue weighted by Crippen LogP contribution is -2.61. The van der Waals surface area contributed by atoms with Crippen molar-refractivity contribution >= 4 is 10.0 Å². The van der Waals surface area contributed by atoms with E-state index >= 15 is 0 Å². The Bertz CT molecular complexity index is 786. The number of sulfonamides is 1. The normalized spacial score (nSPS) is 17.9. The minimum Gasteiger partial charge on any atom is -0.449 e. The number of hydrogen-bond acceptors (Lipinski definition) is 6. The minimum atomic E-state index is -3.62. The Morgan fingerprint density at radius 3 is 2.30 bits per heavy atom. The van der Waals surface area contributed by atoms with Gasteiger partial charge in [0.2, 0.25) is 10.0 Å². The molecule has 0 radical (unpaired) electrons. The highest BCUT2D eigenvalue weighted by atomic mass is 32.2. The second kappa shape index (κ2) is 5.72. The van der Waals surface area contributed by atoms with Crippen LogP contribution in [0.25, 0.3) is 11.3 Å². The summed E-state index contributed by atoms with van der Waals surface area (Å²) in [5.41, 5.74) is 0.685. The van der Waals surface area contributed by atoms with Crippen LogP contribution in [-0.4, -0.2) is 54.2 Å². The number of nitrogens with zero attached hydrogens (tertiary/aromatic N) is 2. The highest BCUT2D eigenvalue weighted by molar-refractivity contribution is 7.89. The molecule has 1 fully saturated rings. The van der Waals surface area contributed by atoms with Gasteiger partial charge in [-0.2, -0.15) is 4.31 Å². The van der Waals surface area contributed by atoms with Crippen molar-refractivity contribution in [2.24, 2.45) is 5.41 Å². The zero-order valence-corrected chi connectivity index (χ0v) is 13.5. The van der Waals surface area contributed by atoms with Crippen LogP contribution in [0.3, 0.4) is 0 Å². The molecule has 0 spiro atoms. The van der Waals surface area contributed by atoms with Crippen LogP contribution in [0.1, 0.15) is 5.89 Å². The van der Waals surface area contributed by atoms with Crippen LogP contribution in [0.15, 0.2) is 39.8 Å². The molecular weight excluding hydrogens is 320 g/mol. The van der Waals surface area contributed by atoms with Crippen molar-refractivity contribution in [3.05, 3.63) is 36.4 Å². The van der Waals surface area contributed by atoms with Gasteiger partial charge >= 0.3 is 0 Å². The Kier molecular flexibility index (Phi) is 4.01. The van der Waals surface area contributed by atoms with Gasteiger partial charge in [0.05, 0.1) is 18.1 Å². The van der Waals surface area contributed by atoms with E-state index in [0.29, 0.717) is 11.6 Å². The standard InChI is InChI=1S/C15H18N2O5S/c1-11-16-14(6-22-11)12-2-4-13(5-3-12)23(20,21)17-7-15(8-17,9-18)10-19/h2-6,18-19H,7-10H2,1H3. The summed E-state index contributed by atoms with van der Waals surface area (Å²) in [6, 6.07) is 6.39. The van der Waals surface area contributed by atoms with E-state index in [1.165, 1.54) is 22.7 Å². The number of benzene rings is 1. The molecule has 8 heteroatoms. The number of rotatable bonds is 5. The van der Waals surface area contributed by atoms with Crippen LogP contribution >= 0.6 is 0 Å². The molecule has 1 aliphatic heterocycles. The summed E-state index contributed by atoms with van der Waals surface area (Å²) in [6.07, 6.45) is 1.52. The number of aliphatic hydroxyl groups is 2. The molecule has 0 unspecified atom stereocenters. The highest BCUT2D eigenvalue weighted by Gasteiger charge is 2.47. The first-order valence-electron chi connectivity index (χ1n) is 7.15. The average Bonchev–Trinajstić information content (AvgIpc) is 2.94. The first-order chi connectivity index (χ1) is 10.9. The zero-order valence-electron chi connectivity index (χ0n) is 12.6. The Morgan fingerprint density at radius 1 is 1.22 bits per heavy atom. The van der Waals surface area contributed by atoms with Gasteiger partial charge in [-0.3, -0.25) is 0 Å². The quantitative estimate of drug-likeness (QED) is 0.828. The topological polar surface area (TPSA) is 104 Å². The first-order valence-corrected chi connectivity index (χ1v) is 8.59. The minimum absolute atomic E-state index is 0.118. The number of aromatic nitrogens is 1. The van der Waals surface area contributed by atoms with Crippen LogP contribution in [0.5, 0.6) is 0 Å². The third-order valence-electron chi connectivity index (χ3n) is 4.10. The first kappa shape index (κ1) is 16.1. The van der Waals surface area contributed by atoms with Crippen molar-refractivity contribution in [3.63, 3.8) is 0 Å². The van der Waals surface area contributed by atoms with E-state index in [0.717, 1.165) is 5.56 Å². The molecule has 0 saturated carbocycles. The summed E-state index contributed by atoms with van der Waals surface area (Å²) >= 11 is 0. The summed E-state index contributed by atoms with van der Waals surface area (Å²) in [5.74, 6) is 0.543. The van der Waals surface area contributed by atoms with Crippen LogP contribution in [0.4, 0.5) is 0 Å². The third kappa shape index (κ3) is 2.78. The van der Waals surface area contributed by atoms with E-state index in [1.54, 1.807) is 19.1 Å². The van der Waals surface area contributed by atoms with E-state index in [1.807, 2.05) is 0 Å². The molecule has 124 valence electrons. The predicted molar refractivity (Wildman–Crippen MR) is 82.0 cm³/mol. The SMILES string of the molecule is Cc1nc(-c2ccc(S(=O)(=O)N3CC(CO)(CO)C3)cc2)co1. The van der Waals surface area contributed by atoms with E-state index in [9.17, 15) is 18.6 Å². The molecule has 1 saturated heterocycles. The second-order valence-electron chi connectivity index (χ2n) is 5.87. The number of oxazole rings is 1. The van der Waals surface area contributed by atoms with Gasteiger partial charge in [-0.15, -0.1) is 0 Å². The number of aliphatic hydroxyl groups excluding tert-OH is 2. The van der Waals surface area contributed by atoms with Gasteiger partial charge in [0.1, 0.15) is 12.0 Å². The summed E-state index contributed by atoms with van der Waals surface area (Å²) in [4.78, 5) is 4.37. The Hall–Kier alpha value is -1.74. The van der Waals surface area contributed by atoms with Gasteiger partial charge in [0, 0.05) is 31.0 Å². The van der Waals surface area contributed by atoms with Gasteiger partial charge in [0.15, 0.2) is 5.89 Å². The van der Waals surface area contributed by atoms with Gasteiger partial charge in [-0.25, -0.2) is 13.4 Å². The Labute approximate surface area is 134 Å². The van der Waals surface area contributed by atoms with Crippen molar-refractivity contribution in [1.82, 2.24) is 9.29 Å². The van der Waals surface area contributed by atoms with Crippen LogP contribution in [0.2, 0.25) is 0 Å². The molecule has 23 heavy (non-hydrogen) atoms. The van der Waals surface area contributed by atoms with Crippen LogP contribution < -0.4 is 0 Å². The molecule has 1 aromatic carbocycles. The zero-order chi connectivity index (χ0) is 16.7. The molecule has 2 heterocycles. The van der Waals surface area contributed by atoms with E-state index in [4.69, 9.17) is 4.42 Å². The molecule has 0 amide bonds. The third-order valence-corrected chi connectivity index (χ3v) is 5.91. The maximum absolute atomic E-state index is 12.5. The summed E-state index contributed by atoms with van der Waals surface area (Å²) in [6.45, 7) is 1.50. The number of aryl methyl sites for hydroxylation is 1. The fourth-order valence-electron chi connectivity index (χ4n) is 2.56. The summed E-state index contributed by atoms with van der Waals surface area (Å²) < 4.78 is 31.4. The fourth-order valence-corrected chi connectivity index (χ4v) is 4.23. The lowest BCUT2D eigenvalue weighted by molar-refractivity contribution is -0.0350. The lowest BCUT2D eigenvalue weighted by atomic mass is 9.84. The fraction of sp³-hybridized carbons (Fsp3) is 0.400. The molecule has 1 aromatic heterocycles. The monoisotopic (exact) mass is 338 g/mol. The van der Waals surface area contributed by atoms with E-state index in [-0.39, 0.29) is 31.2 Å². The highest BCUT2D eigenvalue weighted by Crippen LogP contribution is 2.34. The largest absolute Gasteiger partial charge is 0.449 e. The second-order valence-corrected chi connectivity index (χ2v) is 7.80. The lowest BCUT2D eigenvalue weighted by Gasteiger charge is -2.46. The van der Waals surface area contributed by atoms with Crippen molar-refractivity contribution in [2.75, 3.05) is 26.3 Å². The van der Waals surface area contributed by atoms with E-state index in [2.05, 4.69) is 4.98 Å². The van der Waals surface area contributed by atoms with Crippen LogP contribution in [0, 0.1) is 12.3 Å². The smallest absolute Gasteiger partial charge is 0.243 e. The van der Waals surface area contributed by atoms with Gasteiger partial charge in [-0.1, -0.05) is 12.1 Å². The summed E-state index contributed by atoms with van der Waals surface area (Å²) in [5, 5.41) is 18.5. The van der Waals surface area contributed by atoms with Crippen molar-refractivity contribution < 1.29 is 23.0 Å². The Balaban J connectivity index is 1.79. The van der Waals surface area contributed by atoms with Crippen molar-refractivity contribution in [3.8, 4) is 11.3 Å². The molecule has 0 bridgehead atoms. The van der Waals surface area contributed by atoms with Gasteiger partial charge in [-0.05, 0) is 12.1 Å². The average molecular weight is 338 g/mol. The molecule has 3 rings (SSSR count). The van der Waals surface area contributed by atoms with Gasteiger partial charge < -0.3 is 14.6 Å². The number of hydrogen-bond donors (Lipinski definition) is 2. The van der Waals surface area contributed by atoms with E-state index < -0.39 is 15.4 Å². The predicted octanol–water partition coefficient (Wildman–Crippen LogP) is 0.625. The molecule has 0 aliphatic carbocycles. The van der Waals surface area contributed by atoms with Crippen molar-refractivity contribution in [1.29, 1.82) is 0 Å². The molecule has 0 atom stereocenters. The molecule has 2 aromatic rings. The van der Waals surface area contributed by atoms with Crippen LogP contribution in [-0.2, 0) is 10.0 Å². The maximum atomic E-state index is 12.5. The summed E-state index contributed by atoms with van der Waals surface area (Å²) in [7, 11) is -3.62. The molecular formula is C15H18N2O5S. The molecule has 7 nitrogen and oxygen atoms in total. The van der Waals surface area contributed by atoms with Gasteiger partial charge in [0.25, 0.3) is 0 Å². The maximum Gasteiger partial charge on any atom is 0.243 e. The molecule has 2 N–H and O–H groups in total. The Morgan fingerprint density at radius 2 is 1.83 bits per heavy atom. The van der Waals surface area contributed by atoms with Crippen molar-refractivity contribution in [2.45, 2.75) is 11.8 Å². The molecule has 1 aliphatic rings.